The number of nitrogen functional groups attached to an aromatic ring is 1. The van der Waals surface area contributed by atoms with Crippen LogP contribution in [0.4, 0.5) is 5.82 Å². The lowest BCUT2D eigenvalue weighted by Gasteiger charge is -2.03. The first-order valence-corrected chi connectivity index (χ1v) is 8.83. The molecule has 23 heavy (non-hydrogen) atoms. The molecule has 0 unspecified atom stereocenters. The van der Waals surface area contributed by atoms with E-state index >= 15 is 0 Å². The third-order valence-corrected chi connectivity index (χ3v) is 4.58. The second kappa shape index (κ2) is 8.70. The number of nitrogens with two attached hydrogens (primary N) is 1. The summed E-state index contributed by atoms with van der Waals surface area (Å²) >= 11 is 7.53. The van der Waals surface area contributed by atoms with Gasteiger partial charge in [0.15, 0.2) is 0 Å². The fraction of sp³-hybridized carbons (Fsp3) is 0.211. The number of halogens is 1. The molecule has 0 amide bonds. The second-order valence-electron chi connectivity index (χ2n) is 5.25. The van der Waals surface area contributed by atoms with E-state index in [9.17, 15) is 0 Å². The Kier molecular flexibility index (Phi) is 6.63. The Morgan fingerprint density at radius 1 is 1.13 bits per heavy atom. The number of hydrogen-bond donors (Lipinski definition) is 1. The third kappa shape index (κ3) is 5.70. The summed E-state index contributed by atoms with van der Waals surface area (Å²) in [6.07, 6.45) is 1.94. The van der Waals surface area contributed by atoms with Crippen molar-refractivity contribution in [1.29, 1.82) is 0 Å². The molecule has 0 saturated heterocycles. The van der Waals surface area contributed by atoms with Crippen molar-refractivity contribution >= 4 is 28.8 Å². The van der Waals surface area contributed by atoms with E-state index in [0.29, 0.717) is 5.82 Å². The Labute approximate surface area is 147 Å². The Balaban J connectivity index is 0.000000203. The van der Waals surface area contributed by atoms with Crippen molar-refractivity contribution in [1.82, 2.24) is 4.98 Å². The molecule has 0 aliphatic carbocycles. The van der Waals surface area contributed by atoms with E-state index in [1.807, 2.05) is 29.6 Å². The normalized spacial score (nSPS) is 10.0. The maximum atomic E-state index is 5.95. The molecular weight excluding hydrogens is 324 g/mol. The molecule has 3 rings (SSSR count). The van der Waals surface area contributed by atoms with Crippen LogP contribution in [-0.4, -0.2) is 4.98 Å². The molecule has 0 radical (unpaired) electrons. The number of anilines is 1. The molecule has 2 aromatic carbocycles. The molecule has 0 bridgehead atoms. The first-order valence-electron chi connectivity index (χ1n) is 7.57. The van der Waals surface area contributed by atoms with E-state index in [2.05, 4.69) is 43.1 Å². The topological polar surface area (TPSA) is 38.9 Å². The van der Waals surface area contributed by atoms with E-state index in [1.165, 1.54) is 16.7 Å². The number of aryl methyl sites for hydroxylation is 2. The van der Waals surface area contributed by atoms with Crippen LogP contribution in [0.3, 0.4) is 0 Å². The van der Waals surface area contributed by atoms with Gasteiger partial charge >= 0.3 is 0 Å². The van der Waals surface area contributed by atoms with Crippen LogP contribution in [0.25, 0.3) is 0 Å². The Bertz CT molecular complexity index is 738. The molecule has 0 saturated carbocycles. The number of benzene rings is 2. The number of aromatic nitrogens is 1. The molecule has 1 aromatic heterocycles. The summed E-state index contributed by atoms with van der Waals surface area (Å²) in [6, 6.07) is 16.4. The Morgan fingerprint density at radius 3 is 2.43 bits per heavy atom. The average Bonchev–Trinajstić information content (AvgIpc) is 2.97. The molecular formula is C19H21ClN2S. The first-order chi connectivity index (χ1) is 11.1. The van der Waals surface area contributed by atoms with Crippen LogP contribution in [0.1, 0.15) is 28.6 Å². The van der Waals surface area contributed by atoms with Gasteiger partial charge in [-0.1, -0.05) is 54.9 Å². The minimum Gasteiger partial charge on any atom is -0.383 e. The minimum absolute atomic E-state index is 0.592. The highest BCUT2D eigenvalue weighted by molar-refractivity contribution is 7.10. The highest BCUT2D eigenvalue weighted by Gasteiger charge is 2.04. The number of rotatable bonds is 3. The fourth-order valence-corrected chi connectivity index (χ4v) is 3.01. The summed E-state index contributed by atoms with van der Waals surface area (Å²) in [5.41, 5.74) is 9.42. The van der Waals surface area contributed by atoms with E-state index in [0.717, 1.165) is 22.9 Å². The lowest BCUT2D eigenvalue weighted by Crippen LogP contribution is -1.92. The zero-order valence-electron chi connectivity index (χ0n) is 13.4. The molecule has 0 spiro atoms. The summed E-state index contributed by atoms with van der Waals surface area (Å²) in [7, 11) is 0. The van der Waals surface area contributed by atoms with Gasteiger partial charge in [0.25, 0.3) is 0 Å². The predicted molar refractivity (Wildman–Crippen MR) is 101 cm³/mol. The summed E-state index contributed by atoms with van der Waals surface area (Å²) in [5.74, 6) is 0.592. The SMILES string of the molecule is CCc1ccccc1.Cc1ccc(Cl)cc1Cc1nc(N)cs1. The molecule has 0 fully saturated rings. The van der Waals surface area contributed by atoms with Crippen molar-refractivity contribution < 1.29 is 0 Å². The van der Waals surface area contributed by atoms with Crippen LogP contribution in [0.5, 0.6) is 0 Å². The lowest BCUT2D eigenvalue weighted by atomic mass is 10.1. The van der Waals surface area contributed by atoms with Crippen LogP contribution in [0.2, 0.25) is 5.02 Å². The van der Waals surface area contributed by atoms with Gasteiger partial charge in [0.05, 0.1) is 5.01 Å². The second-order valence-corrected chi connectivity index (χ2v) is 6.63. The van der Waals surface area contributed by atoms with E-state index in [1.54, 1.807) is 11.3 Å². The van der Waals surface area contributed by atoms with Crippen LogP contribution in [-0.2, 0) is 12.8 Å². The zero-order chi connectivity index (χ0) is 16.7. The molecule has 2 N–H and O–H groups in total. The van der Waals surface area contributed by atoms with E-state index < -0.39 is 0 Å². The van der Waals surface area contributed by atoms with Crippen LogP contribution in [0.15, 0.2) is 53.9 Å². The van der Waals surface area contributed by atoms with Gasteiger partial charge in [-0.2, -0.15) is 0 Å². The van der Waals surface area contributed by atoms with Crippen molar-refractivity contribution in [2.45, 2.75) is 26.7 Å². The maximum Gasteiger partial charge on any atom is 0.134 e. The fourth-order valence-electron chi connectivity index (χ4n) is 2.11. The maximum absolute atomic E-state index is 5.95. The minimum atomic E-state index is 0.592. The molecule has 120 valence electrons. The van der Waals surface area contributed by atoms with E-state index in [4.69, 9.17) is 17.3 Å². The molecule has 4 heteroatoms. The summed E-state index contributed by atoms with van der Waals surface area (Å²) in [6.45, 7) is 4.23. The zero-order valence-corrected chi connectivity index (χ0v) is 15.0. The molecule has 2 nitrogen and oxygen atoms in total. The molecule has 1 heterocycles. The van der Waals surface area contributed by atoms with Crippen molar-refractivity contribution in [2.24, 2.45) is 0 Å². The van der Waals surface area contributed by atoms with Crippen molar-refractivity contribution in [3.05, 3.63) is 80.6 Å². The van der Waals surface area contributed by atoms with Gasteiger partial charge in [-0.3, -0.25) is 0 Å². The summed E-state index contributed by atoms with van der Waals surface area (Å²) in [4.78, 5) is 4.23. The molecule has 0 atom stereocenters. The van der Waals surface area contributed by atoms with Gasteiger partial charge in [0.1, 0.15) is 5.82 Å². The summed E-state index contributed by atoms with van der Waals surface area (Å²) in [5, 5.41) is 3.65. The monoisotopic (exact) mass is 344 g/mol. The van der Waals surface area contributed by atoms with Gasteiger partial charge < -0.3 is 5.73 Å². The van der Waals surface area contributed by atoms with Gasteiger partial charge in [-0.05, 0) is 42.2 Å². The first kappa shape index (κ1) is 17.5. The number of nitrogens with zero attached hydrogens (tertiary/aromatic N) is 1. The molecule has 0 aliphatic rings. The molecule has 3 aromatic rings. The van der Waals surface area contributed by atoms with Crippen LogP contribution in [0, 0.1) is 6.92 Å². The average molecular weight is 345 g/mol. The largest absolute Gasteiger partial charge is 0.383 e. The highest BCUT2D eigenvalue weighted by atomic mass is 35.5. The van der Waals surface area contributed by atoms with Crippen molar-refractivity contribution in [2.75, 3.05) is 5.73 Å². The quantitative estimate of drug-likeness (QED) is 0.678. The van der Waals surface area contributed by atoms with Crippen molar-refractivity contribution in [3.63, 3.8) is 0 Å². The standard InChI is InChI=1S/C11H11ClN2S.C8H10/c1-7-2-3-9(12)4-8(7)5-11-14-10(13)6-15-11;1-2-8-6-4-3-5-7-8/h2-4,6H,5,13H2,1H3;3-7H,2H2,1H3. The highest BCUT2D eigenvalue weighted by Crippen LogP contribution is 2.21. The smallest absolute Gasteiger partial charge is 0.134 e. The van der Waals surface area contributed by atoms with Crippen molar-refractivity contribution in [3.8, 4) is 0 Å². The lowest BCUT2D eigenvalue weighted by molar-refractivity contribution is 1.12. The van der Waals surface area contributed by atoms with E-state index in [-0.39, 0.29) is 0 Å². The Morgan fingerprint density at radius 2 is 1.87 bits per heavy atom. The van der Waals surface area contributed by atoms with Crippen LogP contribution < -0.4 is 5.73 Å². The van der Waals surface area contributed by atoms with Gasteiger partial charge in [-0.15, -0.1) is 11.3 Å². The Hall–Kier alpha value is -1.84. The number of hydrogen-bond acceptors (Lipinski definition) is 3. The third-order valence-electron chi connectivity index (χ3n) is 3.47. The molecule has 0 aliphatic heterocycles. The van der Waals surface area contributed by atoms with Gasteiger partial charge in [0, 0.05) is 16.8 Å². The van der Waals surface area contributed by atoms with Gasteiger partial charge in [-0.25, -0.2) is 4.98 Å². The van der Waals surface area contributed by atoms with Crippen LogP contribution >= 0.6 is 22.9 Å². The number of thiazole rings is 1. The predicted octanol–water partition coefficient (Wildman–Crippen LogP) is 5.53. The summed E-state index contributed by atoms with van der Waals surface area (Å²) < 4.78 is 0. The van der Waals surface area contributed by atoms with Gasteiger partial charge in [0.2, 0.25) is 0 Å².